The van der Waals surface area contributed by atoms with Crippen LogP contribution in [0.4, 0.5) is 5.82 Å². The minimum absolute atomic E-state index is 0.150. The Kier molecular flexibility index (Phi) is 6.45. The van der Waals surface area contributed by atoms with E-state index in [2.05, 4.69) is 15.7 Å². The summed E-state index contributed by atoms with van der Waals surface area (Å²) in [5, 5.41) is 10.7. The smallest absolute Gasteiger partial charge is 0.271 e. The van der Waals surface area contributed by atoms with Gasteiger partial charge in [-0.3, -0.25) is 9.59 Å². The van der Waals surface area contributed by atoms with Gasteiger partial charge in [-0.05, 0) is 30.2 Å². The van der Waals surface area contributed by atoms with E-state index in [0.717, 1.165) is 11.3 Å². The number of anilines is 1. The molecular weight excluding hydrogens is 376 g/mol. The molecule has 0 fully saturated rings. The number of halogens is 1. The number of hydrogen-bond acceptors (Lipinski definition) is 3. The van der Waals surface area contributed by atoms with Crippen molar-refractivity contribution < 1.29 is 9.59 Å². The van der Waals surface area contributed by atoms with Gasteiger partial charge >= 0.3 is 0 Å². The van der Waals surface area contributed by atoms with Crippen LogP contribution in [0, 0.1) is 0 Å². The minimum Gasteiger partial charge on any atom is -0.350 e. The lowest BCUT2D eigenvalue weighted by Gasteiger charge is -2.07. The van der Waals surface area contributed by atoms with Gasteiger partial charge in [-0.1, -0.05) is 54.9 Å². The predicted octanol–water partition coefficient (Wildman–Crippen LogP) is 3.85. The molecule has 6 nitrogen and oxygen atoms in total. The lowest BCUT2D eigenvalue weighted by atomic mass is 10.1. The van der Waals surface area contributed by atoms with Crippen LogP contribution in [0.15, 0.2) is 60.7 Å². The van der Waals surface area contributed by atoms with Gasteiger partial charge in [0.15, 0.2) is 5.69 Å². The molecule has 3 rings (SSSR count). The van der Waals surface area contributed by atoms with Gasteiger partial charge < -0.3 is 10.6 Å². The number of amides is 2. The molecule has 2 N–H and O–H groups in total. The Morgan fingerprint density at radius 2 is 1.79 bits per heavy atom. The van der Waals surface area contributed by atoms with Crippen molar-refractivity contribution in [2.45, 2.75) is 19.8 Å². The van der Waals surface area contributed by atoms with Crippen molar-refractivity contribution in [3.05, 3.63) is 76.9 Å². The number of aromatic nitrogens is 2. The fraction of sp³-hybridized carbons (Fsp3) is 0.190. The molecule has 0 spiro atoms. The Balaban J connectivity index is 1.74. The normalized spacial score (nSPS) is 10.5. The van der Waals surface area contributed by atoms with Gasteiger partial charge in [0.05, 0.1) is 5.69 Å². The Labute approximate surface area is 168 Å². The van der Waals surface area contributed by atoms with Gasteiger partial charge in [-0.2, -0.15) is 5.10 Å². The quantitative estimate of drug-likeness (QED) is 0.637. The number of carbonyl (C=O) groups is 2. The van der Waals surface area contributed by atoms with Crippen LogP contribution >= 0.6 is 11.6 Å². The third kappa shape index (κ3) is 4.78. The summed E-state index contributed by atoms with van der Waals surface area (Å²) >= 11 is 6.14. The van der Waals surface area contributed by atoms with Crippen LogP contribution in [0.25, 0.3) is 5.69 Å². The van der Waals surface area contributed by atoms with E-state index in [1.54, 1.807) is 17.7 Å². The van der Waals surface area contributed by atoms with E-state index in [4.69, 9.17) is 11.6 Å². The standard InChI is InChI=1S/C21H21ClN4O2/c1-2-20(27)24-19-14-18(25-26(19)16-9-4-3-5-10-16)21(28)23-13-12-15-8-6-7-11-17(15)22/h3-11,14H,2,12-13H2,1H3,(H,23,28)(H,24,27). The molecule has 0 radical (unpaired) electrons. The van der Waals surface area contributed by atoms with Gasteiger partial charge in [-0.15, -0.1) is 0 Å². The molecule has 0 aliphatic carbocycles. The van der Waals surface area contributed by atoms with E-state index in [1.165, 1.54) is 0 Å². The first kappa shape index (κ1) is 19.6. The molecule has 0 aliphatic heterocycles. The summed E-state index contributed by atoms with van der Waals surface area (Å²) < 4.78 is 1.55. The van der Waals surface area contributed by atoms with Crippen molar-refractivity contribution in [3.8, 4) is 5.69 Å². The lowest BCUT2D eigenvalue weighted by Crippen LogP contribution is -2.26. The fourth-order valence-corrected chi connectivity index (χ4v) is 2.91. The first-order valence-electron chi connectivity index (χ1n) is 9.05. The molecule has 2 amide bonds. The average Bonchev–Trinajstić information content (AvgIpc) is 3.13. The number of hydrogen-bond donors (Lipinski definition) is 2. The number of nitrogens with zero attached hydrogens (tertiary/aromatic N) is 2. The largest absolute Gasteiger partial charge is 0.350 e. The molecule has 0 saturated heterocycles. The summed E-state index contributed by atoms with van der Waals surface area (Å²) in [6.45, 7) is 2.19. The van der Waals surface area contributed by atoms with E-state index in [0.29, 0.717) is 30.2 Å². The van der Waals surface area contributed by atoms with Crippen molar-refractivity contribution in [1.29, 1.82) is 0 Å². The van der Waals surface area contributed by atoms with Crippen molar-refractivity contribution in [2.75, 3.05) is 11.9 Å². The van der Waals surface area contributed by atoms with Crippen LogP contribution in [0.1, 0.15) is 29.4 Å². The van der Waals surface area contributed by atoms with Gasteiger partial charge in [0.1, 0.15) is 5.82 Å². The first-order chi connectivity index (χ1) is 13.6. The number of rotatable bonds is 7. The summed E-state index contributed by atoms with van der Waals surface area (Å²) in [7, 11) is 0. The zero-order chi connectivity index (χ0) is 19.9. The second-order valence-corrected chi connectivity index (χ2v) is 6.57. The molecule has 0 aliphatic rings. The van der Waals surface area contributed by atoms with Gasteiger partial charge in [0.2, 0.25) is 5.91 Å². The third-order valence-electron chi connectivity index (χ3n) is 4.17. The molecule has 2 aromatic carbocycles. The molecule has 0 unspecified atom stereocenters. The van der Waals surface area contributed by atoms with Crippen LogP contribution in [0.3, 0.4) is 0 Å². The van der Waals surface area contributed by atoms with Crippen LogP contribution in [-0.2, 0) is 11.2 Å². The Hall–Kier alpha value is -3.12. The highest BCUT2D eigenvalue weighted by molar-refractivity contribution is 6.31. The van der Waals surface area contributed by atoms with E-state index in [-0.39, 0.29) is 17.5 Å². The summed E-state index contributed by atoms with van der Waals surface area (Å²) in [4.78, 5) is 24.4. The summed E-state index contributed by atoms with van der Waals surface area (Å²) in [6.07, 6.45) is 0.948. The van der Waals surface area contributed by atoms with Crippen molar-refractivity contribution >= 4 is 29.2 Å². The molecule has 0 bridgehead atoms. The topological polar surface area (TPSA) is 76.0 Å². The molecule has 0 saturated carbocycles. The molecule has 144 valence electrons. The number of para-hydroxylation sites is 1. The monoisotopic (exact) mass is 396 g/mol. The number of nitrogens with one attached hydrogen (secondary N) is 2. The minimum atomic E-state index is -0.311. The van der Waals surface area contributed by atoms with E-state index < -0.39 is 0 Å². The lowest BCUT2D eigenvalue weighted by molar-refractivity contribution is -0.115. The van der Waals surface area contributed by atoms with Gasteiger partial charge in [0, 0.05) is 24.1 Å². The zero-order valence-corrected chi connectivity index (χ0v) is 16.2. The van der Waals surface area contributed by atoms with Gasteiger partial charge in [-0.25, -0.2) is 4.68 Å². The summed E-state index contributed by atoms with van der Waals surface area (Å²) in [5.41, 5.74) is 1.95. The van der Waals surface area contributed by atoms with E-state index >= 15 is 0 Å². The average molecular weight is 397 g/mol. The van der Waals surface area contributed by atoms with Crippen molar-refractivity contribution in [3.63, 3.8) is 0 Å². The van der Waals surface area contributed by atoms with Gasteiger partial charge in [0.25, 0.3) is 5.91 Å². The summed E-state index contributed by atoms with van der Waals surface area (Å²) in [6, 6.07) is 18.4. The maximum absolute atomic E-state index is 12.5. The zero-order valence-electron chi connectivity index (χ0n) is 15.5. The number of carbonyl (C=O) groups excluding carboxylic acids is 2. The van der Waals surface area contributed by atoms with Crippen LogP contribution in [0.2, 0.25) is 5.02 Å². The molecule has 28 heavy (non-hydrogen) atoms. The highest BCUT2D eigenvalue weighted by Crippen LogP contribution is 2.18. The highest BCUT2D eigenvalue weighted by Gasteiger charge is 2.16. The molecule has 7 heteroatoms. The molecular formula is C21H21ClN4O2. The van der Waals surface area contributed by atoms with Crippen LogP contribution < -0.4 is 10.6 Å². The Morgan fingerprint density at radius 1 is 1.07 bits per heavy atom. The molecule has 1 heterocycles. The van der Waals surface area contributed by atoms with Crippen LogP contribution in [0.5, 0.6) is 0 Å². The maximum Gasteiger partial charge on any atom is 0.271 e. The maximum atomic E-state index is 12.5. The van der Waals surface area contributed by atoms with Crippen molar-refractivity contribution in [1.82, 2.24) is 15.1 Å². The molecule has 0 atom stereocenters. The van der Waals surface area contributed by atoms with Crippen molar-refractivity contribution in [2.24, 2.45) is 0 Å². The van der Waals surface area contributed by atoms with E-state index in [1.807, 2.05) is 54.6 Å². The molecule has 1 aromatic heterocycles. The number of benzene rings is 2. The molecule has 3 aromatic rings. The SMILES string of the molecule is CCC(=O)Nc1cc(C(=O)NCCc2ccccc2Cl)nn1-c1ccccc1. The Morgan fingerprint density at radius 3 is 2.50 bits per heavy atom. The van der Waals surface area contributed by atoms with Crippen LogP contribution in [-0.4, -0.2) is 28.1 Å². The first-order valence-corrected chi connectivity index (χ1v) is 9.43. The third-order valence-corrected chi connectivity index (χ3v) is 4.54. The second-order valence-electron chi connectivity index (χ2n) is 6.16. The Bertz CT molecular complexity index is 970. The summed E-state index contributed by atoms with van der Waals surface area (Å²) in [5.74, 6) is -0.00852. The highest BCUT2D eigenvalue weighted by atomic mass is 35.5. The predicted molar refractivity (Wildman–Crippen MR) is 110 cm³/mol. The fourth-order valence-electron chi connectivity index (χ4n) is 2.68. The second kappa shape index (κ2) is 9.19. The van der Waals surface area contributed by atoms with E-state index in [9.17, 15) is 9.59 Å².